The molecule has 0 unspecified atom stereocenters. The molecule has 0 fully saturated rings. The molecule has 0 radical (unpaired) electrons. The number of nitrogen functional groups attached to an aromatic ring is 1. The molecule has 0 bridgehead atoms. The highest BCUT2D eigenvalue weighted by Gasteiger charge is 2.10. The van der Waals surface area contributed by atoms with Crippen LogP contribution in [0.5, 0.6) is 0 Å². The van der Waals surface area contributed by atoms with Crippen molar-refractivity contribution in [1.29, 1.82) is 0 Å². The summed E-state index contributed by atoms with van der Waals surface area (Å²) in [5.41, 5.74) is 19.7. The minimum absolute atomic E-state index is 0. The first-order chi connectivity index (χ1) is 25.7. The number of para-hydroxylation sites is 4. The molecular formula is C47H47ClN6. The lowest BCUT2D eigenvalue weighted by atomic mass is 10.1. The highest BCUT2D eigenvalue weighted by molar-refractivity contribution is 6.30. The van der Waals surface area contributed by atoms with Crippen LogP contribution in [-0.4, -0.2) is 19.1 Å². The number of aromatic nitrogens is 4. The van der Waals surface area contributed by atoms with Gasteiger partial charge in [0.15, 0.2) is 0 Å². The second kappa shape index (κ2) is 18.4. The van der Waals surface area contributed by atoms with Crippen LogP contribution in [0.2, 0.25) is 5.02 Å². The molecule has 272 valence electrons. The quantitative estimate of drug-likeness (QED) is 0.167. The largest absolute Gasteiger partial charge is 0.399 e. The standard InChI is InChI=1S/C23H21N3.C17H15ClN2.C6H7N.CH4/c1-17-8-6-9-18(2)23(17)26-15-22(24-16-26)19-10-7-13-21(14-19)25-20-11-4-3-5-12-20;1-12-5-3-6-13(2)17(12)20-10-16(19-11-20)14-7-4-8-15(18)9-14;7-6-4-2-1-3-5-6;/h3-16,25H,1-2H3;3-11H,1-2H3;1-5H,7H2;1H4. The van der Waals surface area contributed by atoms with Crippen LogP contribution in [0, 0.1) is 27.7 Å². The van der Waals surface area contributed by atoms with Gasteiger partial charge in [0.25, 0.3) is 0 Å². The van der Waals surface area contributed by atoms with E-state index in [1.807, 2.05) is 91.6 Å². The molecule has 0 saturated carbocycles. The first-order valence-corrected chi connectivity index (χ1v) is 17.8. The predicted octanol–water partition coefficient (Wildman–Crippen LogP) is 12.6. The molecule has 0 spiro atoms. The molecule has 6 nitrogen and oxygen atoms in total. The van der Waals surface area contributed by atoms with E-state index in [0.29, 0.717) is 0 Å². The predicted molar refractivity (Wildman–Crippen MR) is 229 cm³/mol. The Bertz CT molecular complexity index is 2360. The molecule has 8 rings (SSSR count). The van der Waals surface area contributed by atoms with E-state index in [0.717, 1.165) is 44.6 Å². The number of nitrogens with two attached hydrogens (primary N) is 1. The highest BCUT2D eigenvalue weighted by Crippen LogP contribution is 2.27. The number of nitrogens with zero attached hydrogens (tertiary/aromatic N) is 4. The number of benzene rings is 6. The zero-order chi connectivity index (χ0) is 37.2. The molecule has 2 aromatic heterocycles. The smallest absolute Gasteiger partial charge is 0.0999 e. The van der Waals surface area contributed by atoms with Gasteiger partial charge in [-0.25, -0.2) is 9.97 Å². The van der Waals surface area contributed by atoms with Crippen LogP contribution < -0.4 is 11.1 Å². The molecule has 0 atom stereocenters. The van der Waals surface area contributed by atoms with E-state index in [9.17, 15) is 0 Å². The number of hydrogen-bond acceptors (Lipinski definition) is 4. The first-order valence-electron chi connectivity index (χ1n) is 17.5. The lowest BCUT2D eigenvalue weighted by Crippen LogP contribution is -1.96. The summed E-state index contributed by atoms with van der Waals surface area (Å²) >= 11 is 6.03. The average Bonchev–Trinajstić information content (AvgIpc) is 3.85. The second-order valence-electron chi connectivity index (χ2n) is 12.8. The molecule has 0 saturated heterocycles. The number of nitrogens with one attached hydrogen (secondary N) is 1. The Kier molecular flexibility index (Phi) is 13.2. The summed E-state index contributed by atoms with van der Waals surface area (Å²) in [4.78, 5) is 9.12. The van der Waals surface area contributed by atoms with Gasteiger partial charge in [0.2, 0.25) is 0 Å². The van der Waals surface area contributed by atoms with Gasteiger partial charge in [-0.15, -0.1) is 0 Å². The fourth-order valence-electron chi connectivity index (χ4n) is 6.16. The summed E-state index contributed by atoms with van der Waals surface area (Å²) in [7, 11) is 0. The van der Waals surface area contributed by atoms with E-state index in [1.54, 1.807) is 0 Å². The SMILES string of the molecule is C.Cc1cccc(C)c1-n1cnc(-c2cccc(Cl)c2)c1.Cc1cccc(C)c1-n1cnc(-c2cccc(Nc3ccccc3)c2)c1.Nc1ccccc1. The molecule has 7 heteroatoms. The fraction of sp³-hybridized carbons (Fsp3) is 0.106. The highest BCUT2D eigenvalue weighted by atomic mass is 35.5. The van der Waals surface area contributed by atoms with Gasteiger partial charge >= 0.3 is 0 Å². The number of imidazole rings is 2. The third-order valence-corrected chi connectivity index (χ3v) is 8.94. The van der Waals surface area contributed by atoms with Crippen molar-refractivity contribution in [2.24, 2.45) is 0 Å². The van der Waals surface area contributed by atoms with E-state index < -0.39 is 0 Å². The Balaban J connectivity index is 0.000000177. The Morgan fingerprint density at radius 2 is 0.926 bits per heavy atom. The zero-order valence-electron chi connectivity index (χ0n) is 30.4. The van der Waals surface area contributed by atoms with E-state index >= 15 is 0 Å². The van der Waals surface area contributed by atoms with Gasteiger partial charge < -0.3 is 20.2 Å². The number of halogens is 1. The Morgan fingerprint density at radius 3 is 1.39 bits per heavy atom. The van der Waals surface area contributed by atoms with Crippen molar-refractivity contribution in [2.75, 3.05) is 11.1 Å². The molecule has 2 heterocycles. The number of aryl methyl sites for hydroxylation is 4. The topological polar surface area (TPSA) is 73.7 Å². The molecule has 8 aromatic rings. The van der Waals surface area contributed by atoms with Gasteiger partial charge in [-0.3, -0.25) is 0 Å². The summed E-state index contributed by atoms with van der Waals surface area (Å²) in [6.07, 6.45) is 7.88. The average molecular weight is 731 g/mol. The van der Waals surface area contributed by atoms with Gasteiger partial charge in [0, 0.05) is 45.6 Å². The van der Waals surface area contributed by atoms with Crippen LogP contribution >= 0.6 is 11.6 Å². The molecule has 0 amide bonds. The van der Waals surface area contributed by atoms with Crippen LogP contribution in [0.1, 0.15) is 29.7 Å². The van der Waals surface area contributed by atoms with Gasteiger partial charge in [-0.2, -0.15) is 0 Å². The van der Waals surface area contributed by atoms with E-state index in [2.05, 4.69) is 131 Å². The molecule has 0 aliphatic heterocycles. The number of rotatable bonds is 6. The van der Waals surface area contributed by atoms with Crippen LogP contribution in [0.15, 0.2) is 171 Å². The van der Waals surface area contributed by atoms with Crippen LogP contribution in [-0.2, 0) is 0 Å². The minimum atomic E-state index is 0. The lowest BCUT2D eigenvalue weighted by molar-refractivity contribution is 1.02. The Hall–Kier alpha value is -6.37. The molecule has 0 aliphatic carbocycles. The van der Waals surface area contributed by atoms with Crippen molar-refractivity contribution in [1.82, 2.24) is 19.1 Å². The first kappa shape index (κ1) is 38.9. The normalized spacial score (nSPS) is 10.2. The molecule has 54 heavy (non-hydrogen) atoms. The summed E-state index contributed by atoms with van der Waals surface area (Å²) in [6.45, 7) is 8.49. The van der Waals surface area contributed by atoms with Crippen molar-refractivity contribution in [2.45, 2.75) is 35.1 Å². The van der Waals surface area contributed by atoms with Crippen molar-refractivity contribution < 1.29 is 0 Å². The summed E-state index contributed by atoms with van der Waals surface area (Å²) < 4.78 is 4.18. The molecular weight excluding hydrogens is 684 g/mol. The van der Waals surface area contributed by atoms with Crippen molar-refractivity contribution in [3.8, 4) is 33.9 Å². The van der Waals surface area contributed by atoms with E-state index in [1.165, 1.54) is 33.6 Å². The van der Waals surface area contributed by atoms with Gasteiger partial charge in [0.05, 0.1) is 35.4 Å². The van der Waals surface area contributed by atoms with E-state index in [4.69, 9.17) is 17.3 Å². The van der Waals surface area contributed by atoms with Gasteiger partial charge in [-0.05, 0) is 98.5 Å². The monoisotopic (exact) mass is 730 g/mol. The van der Waals surface area contributed by atoms with Crippen LogP contribution in [0.4, 0.5) is 17.1 Å². The summed E-state index contributed by atoms with van der Waals surface area (Å²) in [5.74, 6) is 0. The number of hydrogen-bond donors (Lipinski definition) is 2. The summed E-state index contributed by atoms with van der Waals surface area (Å²) in [6, 6.07) is 48.4. The maximum atomic E-state index is 6.03. The van der Waals surface area contributed by atoms with Crippen LogP contribution in [0.3, 0.4) is 0 Å². The summed E-state index contributed by atoms with van der Waals surface area (Å²) in [5, 5.41) is 4.16. The van der Waals surface area contributed by atoms with Crippen molar-refractivity contribution in [3.05, 3.63) is 198 Å². The van der Waals surface area contributed by atoms with Gasteiger partial charge in [-0.1, -0.05) is 116 Å². The Morgan fingerprint density at radius 1 is 0.500 bits per heavy atom. The minimum Gasteiger partial charge on any atom is -0.399 e. The molecule has 0 aliphatic rings. The zero-order valence-corrected chi connectivity index (χ0v) is 31.2. The second-order valence-corrected chi connectivity index (χ2v) is 13.2. The fourth-order valence-corrected chi connectivity index (χ4v) is 6.35. The number of anilines is 3. The molecule has 3 N–H and O–H groups in total. The third-order valence-electron chi connectivity index (χ3n) is 8.70. The lowest BCUT2D eigenvalue weighted by Gasteiger charge is -2.10. The van der Waals surface area contributed by atoms with Crippen LogP contribution in [0.25, 0.3) is 33.9 Å². The maximum Gasteiger partial charge on any atom is 0.0999 e. The molecule has 6 aromatic carbocycles. The maximum absolute atomic E-state index is 6.03. The van der Waals surface area contributed by atoms with Gasteiger partial charge in [0.1, 0.15) is 0 Å². The third kappa shape index (κ3) is 9.94. The Labute approximate surface area is 324 Å². The van der Waals surface area contributed by atoms with Crippen molar-refractivity contribution >= 4 is 28.7 Å². The van der Waals surface area contributed by atoms with E-state index in [-0.39, 0.29) is 7.43 Å². The van der Waals surface area contributed by atoms with Crippen molar-refractivity contribution in [3.63, 3.8) is 0 Å².